The van der Waals surface area contributed by atoms with Gasteiger partial charge in [0.25, 0.3) is 0 Å². The predicted molar refractivity (Wildman–Crippen MR) is 76.7 cm³/mol. The first-order valence-electron chi connectivity index (χ1n) is 5.12. The van der Waals surface area contributed by atoms with Gasteiger partial charge in [-0.05, 0) is 15.9 Å². The topological polar surface area (TPSA) is 63.4 Å². The number of hydrogen-bond donors (Lipinski definition) is 0. The zero-order valence-electron chi connectivity index (χ0n) is 9.84. The lowest BCUT2D eigenvalue weighted by atomic mass is 10.5. The van der Waals surface area contributed by atoms with Crippen LogP contribution in [-0.2, 0) is 22.4 Å². The van der Waals surface area contributed by atoms with Gasteiger partial charge in [-0.2, -0.15) is 4.31 Å². The molecule has 0 aliphatic rings. The van der Waals surface area contributed by atoms with Crippen molar-refractivity contribution >= 4 is 48.9 Å². The van der Waals surface area contributed by atoms with Gasteiger partial charge in [0, 0.05) is 18.5 Å². The zero-order chi connectivity index (χ0) is 14.0. The number of thiazole rings is 1. The zero-order valence-corrected chi connectivity index (χ0v) is 13.8. The Kier molecular flexibility index (Phi) is 4.67. The molecule has 0 radical (unpaired) electrons. The lowest BCUT2D eigenvalue weighted by molar-refractivity contribution is 0.457. The van der Waals surface area contributed by atoms with E-state index in [2.05, 4.69) is 20.9 Å². The van der Waals surface area contributed by atoms with E-state index in [1.165, 1.54) is 28.8 Å². The van der Waals surface area contributed by atoms with Crippen molar-refractivity contribution in [3.05, 3.63) is 33.1 Å². The third-order valence-electron chi connectivity index (χ3n) is 2.39. The second-order valence-electron chi connectivity index (χ2n) is 3.73. The summed E-state index contributed by atoms with van der Waals surface area (Å²) in [7, 11) is -2.14. The standard InChI is InChI=1S/C10H10BrClN2O3S2/c1-14(4-7-5-18-6-13-7)19(15,16)9-2-8(3-12)17-10(9)11/h2,5-6H,3-4H2,1H3. The molecule has 0 bridgehead atoms. The number of halogens is 2. The fourth-order valence-electron chi connectivity index (χ4n) is 1.44. The molecule has 0 fully saturated rings. The number of alkyl halides is 1. The summed E-state index contributed by atoms with van der Waals surface area (Å²) in [6.07, 6.45) is 0. The number of nitrogens with zero attached hydrogens (tertiary/aromatic N) is 2. The summed E-state index contributed by atoms with van der Waals surface area (Å²) in [6.45, 7) is 0.208. The van der Waals surface area contributed by atoms with E-state index in [1.807, 2.05) is 0 Å². The third kappa shape index (κ3) is 3.19. The number of sulfonamides is 1. The molecule has 2 aromatic rings. The van der Waals surface area contributed by atoms with Crippen LogP contribution in [0.3, 0.4) is 0 Å². The molecule has 0 aliphatic heterocycles. The van der Waals surface area contributed by atoms with Gasteiger partial charge in [0.1, 0.15) is 10.7 Å². The minimum absolute atomic E-state index is 0.0703. The molecule has 0 saturated carbocycles. The van der Waals surface area contributed by atoms with Crippen LogP contribution in [0.5, 0.6) is 0 Å². The highest BCUT2D eigenvalue weighted by molar-refractivity contribution is 9.10. The van der Waals surface area contributed by atoms with Crippen LogP contribution in [0.15, 0.2) is 30.9 Å². The van der Waals surface area contributed by atoms with Crippen LogP contribution in [0.4, 0.5) is 0 Å². The van der Waals surface area contributed by atoms with Crippen LogP contribution in [-0.4, -0.2) is 24.8 Å². The van der Waals surface area contributed by atoms with Crippen molar-refractivity contribution in [2.24, 2.45) is 0 Å². The van der Waals surface area contributed by atoms with E-state index in [0.717, 1.165) is 0 Å². The number of aromatic nitrogens is 1. The van der Waals surface area contributed by atoms with Gasteiger partial charge in [-0.3, -0.25) is 0 Å². The van der Waals surface area contributed by atoms with Gasteiger partial charge < -0.3 is 4.42 Å². The summed E-state index contributed by atoms with van der Waals surface area (Å²) < 4.78 is 31.3. The lowest BCUT2D eigenvalue weighted by Crippen LogP contribution is -2.26. The quantitative estimate of drug-likeness (QED) is 0.742. The monoisotopic (exact) mass is 384 g/mol. The Morgan fingerprint density at radius 3 is 2.84 bits per heavy atom. The number of rotatable bonds is 5. The van der Waals surface area contributed by atoms with Crippen molar-refractivity contribution < 1.29 is 12.8 Å². The molecule has 2 rings (SSSR count). The van der Waals surface area contributed by atoms with E-state index >= 15 is 0 Å². The molecule has 0 aliphatic carbocycles. The van der Waals surface area contributed by atoms with E-state index in [1.54, 1.807) is 10.9 Å². The highest BCUT2D eigenvalue weighted by Gasteiger charge is 2.27. The first kappa shape index (κ1) is 15.0. The summed E-state index contributed by atoms with van der Waals surface area (Å²) in [4.78, 5) is 4.13. The molecule has 0 spiro atoms. The van der Waals surface area contributed by atoms with Gasteiger partial charge >= 0.3 is 0 Å². The van der Waals surface area contributed by atoms with Crippen molar-refractivity contribution in [1.82, 2.24) is 9.29 Å². The molecule has 0 N–H and O–H groups in total. The maximum Gasteiger partial charge on any atom is 0.247 e. The minimum atomic E-state index is -3.64. The number of hydrogen-bond acceptors (Lipinski definition) is 5. The van der Waals surface area contributed by atoms with Gasteiger partial charge in [0.05, 0.1) is 23.6 Å². The maximum absolute atomic E-state index is 12.4. The molecule has 0 unspecified atom stereocenters. The van der Waals surface area contributed by atoms with E-state index in [4.69, 9.17) is 16.0 Å². The molecule has 104 valence electrons. The highest BCUT2D eigenvalue weighted by Crippen LogP contribution is 2.29. The van der Waals surface area contributed by atoms with Crippen LogP contribution in [0.25, 0.3) is 0 Å². The largest absolute Gasteiger partial charge is 0.452 e. The van der Waals surface area contributed by atoms with Gasteiger partial charge in [-0.25, -0.2) is 13.4 Å². The molecule has 0 atom stereocenters. The first-order valence-corrected chi connectivity index (χ1v) is 8.83. The molecule has 0 saturated heterocycles. The Bertz CT molecular complexity index is 654. The van der Waals surface area contributed by atoms with Crippen LogP contribution in [0.2, 0.25) is 0 Å². The van der Waals surface area contributed by atoms with E-state index in [-0.39, 0.29) is 22.0 Å². The first-order chi connectivity index (χ1) is 8.95. The van der Waals surface area contributed by atoms with Gasteiger partial charge in [0.2, 0.25) is 10.0 Å². The second kappa shape index (κ2) is 5.92. The fourth-order valence-corrected chi connectivity index (χ4v) is 4.22. The Morgan fingerprint density at radius 2 is 2.32 bits per heavy atom. The molecule has 19 heavy (non-hydrogen) atoms. The average molecular weight is 386 g/mol. The van der Waals surface area contributed by atoms with Gasteiger partial charge in [-0.1, -0.05) is 0 Å². The molecule has 5 nitrogen and oxygen atoms in total. The van der Waals surface area contributed by atoms with Crippen molar-refractivity contribution in [3.8, 4) is 0 Å². The molecule has 0 aromatic carbocycles. The van der Waals surface area contributed by atoms with Crippen LogP contribution >= 0.6 is 38.9 Å². The van der Waals surface area contributed by atoms with Crippen LogP contribution in [0, 0.1) is 0 Å². The molecule has 0 amide bonds. The molecule has 2 aromatic heterocycles. The summed E-state index contributed by atoms with van der Waals surface area (Å²) in [5.41, 5.74) is 2.36. The summed E-state index contributed by atoms with van der Waals surface area (Å²) in [5.74, 6) is 0.512. The van der Waals surface area contributed by atoms with Crippen LogP contribution in [0.1, 0.15) is 11.5 Å². The minimum Gasteiger partial charge on any atom is -0.452 e. The summed E-state index contributed by atoms with van der Waals surface area (Å²) in [5, 5.41) is 1.81. The predicted octanol–water partition coefficient (Wildman–Crippen LogP) is 3.06. The molecule has 2 heterocycles. The Hall–Kier alpha value is -0.410. The Balaban J connectivity index is 2.28. The molecular weight excluding hydrogens is 376 g/mol. The van der Waals surface area contributed by atoms with Crippen molar-refractivity contribution in [2.75, 3.05) is 7.05 Å². The highest BCUT2D eigenvalue weighted by atomic mass is 79.9. The Labute approximate surface area is 128 Å². The normalized spacial score (nSPS) is 12.2. The fraction of sp³-hybridized carbons (Fsp3) is 0.300. The van der Waals surface area contributed by atoms with Crippen molar-refractivity contribution in [3.63, 3.8) is 0 Å². The maximum atomic E-state index is 12.4. The van der Waals surface area contributed by atoms with E-state index < -0.39 is 10.0 Å². The summed E-state index contributed by atoms with van der Waals surface area (Å²) >= 11 is 10.1. The van der Waals surface area contributed by atoms with E-state index in [9.17, 15) is 8.42 Å². The molecular formula is C10H10BrClN2O3S2. The smallest absolute Gasteiger partial charge is 0.247 e. The SMILES string of the molecule is CN(Cc1cscn1)S(=O)(=O)c1cc(CCl)oc1Br. The van der Waals surface area contributed by atoms with Crippen molar-refractivity contribution in [1.29, 1.82) is 0 Å². The van der Waals surface area contributed by atoms with Gasteiger partial charge in [0.15, 0.2) is 4.67 Å². The second-order valence-corrected chi connectivity index (χ2v) is 7.44. The van der Waals surface area contributed by atoms with Gasteiger partial charge in [-0.15, -0.1) is 22.9 Å². The van der Waals surface area contributed by atoms with Crippen LogP contribution < -0.4 is 0 Å². The number of furan rings is 1. The summed E-state index contributed by atoms with van der Waals surface area (Å²) in [6, 6.07) is 1.42. The third-order valence-corrected chi connectivity index (χ3v) is 5.95. The average Bonchev–Trinajstić information content (AvgIpc) is 2.98. The Morgan fingerprint density at radius 1 is 1.58 bits per heavy atom. The van der Waals surface area contributed by atoms with E-state index in [0.29, 0.717) is 11.5 Å². The van der Waals surface area contributed by atoms with Crippen molar-refractivity contribution in [2.45, 2.75) is 17.3 Å². The lowest BCUT2D eigenvalue weighted by Gasteiger charge is -2.14. The molecule has 9 heteroatoms.